The average Bonchev–Trinajstić information content (AvgIpc) is 2.74. The van der Waals surface area contributed by atoms with E-state index < -0.39 is 5.97 Å². The molecule has 0 saturated heterocycles. The molecule has 72 valence electrons. The van der Waals surface area contributed by atoms with Crippen molar-refractivity contribution >= 4 is 5.97 Å². The van der Waals surface area contributed by atoms with Crippen LogP contribution in [0.4, 0.5) is 0 Å². The van der Waals surface area contributed by atoms with Gasteiger partial charge in [-0.3, -0.25) is 4.98 Å². The maximum absolute atomic E-state index is 9.88. The van der Waals surface area contributed by atoms with Crippen LogP contribution < -0.4 is 0 Å². The predicted octanol–water partition coefficient (Wildman–Crippen LogP) is -0.0205. The normalized spacial score (nSPS) is 8.57. The number of tetrazole rings is 1. The van der Waals surface area contributed by atoms with Crippen LogP contribution >= 0.6 is 0 Å². The third-order valence-electron chi connectivity index (χ3n) is 1.10. The van der Waals surface area contributed by atoms with E-state index in [9.17, 15) is 4.79 Å². The minimum Gasteiger partial charge on any atom is -0.475 e. The summed E-state index contributed by atoms with van der Waals surface area (Å²) in [5.74, 6) is -1.50. The molecule has 0 spiro atoms. The lowest BCUT2D eigenvalue weighted by Crippen LogP contribution is -1.98. The lowest BCUT2D eigenvalue weighted by Gasteiger charge is -1.73. The van der Waals surface area contributed by atoms with Crippen LogP contribution in [0.1, 0.15) is 10.6 Å². The number of nitrogens with zero attached hydrogens (tertiary/aromatic N) is 4. The van der Waals surface area contributed by atoms with E-state index in [0.717, 1.165) is 0 Å². The zero-order valence-electron chi connectivity index (χ0n) is 7.03. The van der Waals surface area contributed by atoms with Gasteiger partial charge < -0.3 is 5.11 Å². The predicted molar refractivity (Wildman–Crippen MR) is 45.4 cm³/mol. The summed E-state index contributed by atoms with van der Waals surface area (Å²) < 4.78 is 0. The van der Waals surface area contributed by atoms with Crippen LogP contribution in [-0.2, 0) is 0 Å². The van der Waals surface area contributed by atoms with Gasteiger partial charge in [0.2, 0.25) is 0 Å². The van der Waals surface area contributed by atoms with Crippen molar-refractivity contribution in [2.75, 3.05) is 0 Å². The zero-order valence-corrected chi connectivity index (χ0v) is 7.03. The minimum absolute atomic E-state index is 0.315. The summed E-state index contributed by atoms with van der Waals surface area (Å²) in [4.78, 5) is 13.7. The van der Waals surface area contributed by atoms with Gasteiger partial charge in [-0.15, -0.1) is 10.2 Å². The second-order valence-corrected chi connectivity index (χ2v) is 2.07. The van der Waals surface area contributed by atoms with Crippen molar-refractivity contribution in [1.82, 2.24) is 25.6 Å². The van der Waals surface area contributed by atoms with E-state index in [4.69, 9.17) is 5.11 Å². The Hall–Kier alpha value is -2.31. The summed E-state index contributed by atoms with van der Waals surface area (Å²) in [7, 11) is 0. The van der Waals surface area contributed by atoms with Crippen molar-refractivity contribution in [1.29, 1.82) is 0 Å². The van der Waals surface area contributed by atoms with E-state index in [2.05, 4.69) is 20.4 Å². The van der Waals surface area contributed by atoms with Gasteiger partial charge in [-0.05, 0) is 17.3 Å². The molecule has 2 rings (SSSR count). The van der Waals surface area contributed by atoms with Crippen molar-refractivity contribution in [3.63, 3.8) is 0 Å². The Labute approximate surface area is 78.8 Å². The van der Waals surface area contributed by atoms with Crippen LogP contribution in [0.15, 0.2) is 30.6 Å². The molecule has 0 amide bonds. The number of hydrogen-bond donors (Lipinski definition) is 2. The molecule has 0 fully saturated rings. The quantitative estimate of drug-likeness (QED) is 0.659. The van der Waals surface area contributed by atoms with Gasteiger partial charge in [-0.25, -0.2) is 4.79 Å². The SMILES string of the molecule is O=C(O)c1nn[nH]n1.c1ccncc1. The zero-order chi connectivity index (χ0) is 10.2. The monoisotopic (exact) mass is 193 g/mol. The number of H-pyrrole nitrogens is 1. The Bertz CT molecular complexity index is 334. The van der Waals surface area contributed by atoms with E-state index in [1.165, 1.54) is 0 Å². The number of carboxylic acids is 1. The summed E-state index contributed by atoms with van der Waals surface area (Å²) >= 11 is 0. The molecule has 0 bridgehead atoms. The van der Waals surface area contributed by atoms with Gasteiger partial charge in [0.15, 0.2) is 0 Å². The van der Waals surface area contributed by atoms with Crippen LogP contribution in [0.25, 0.3) is 0 Å². The number of rotatable bonds is 1. The molecule has 0 unspecified atom stereocenters. The Morgan fingerprint density at radius 3 is 2.21 bits per heavy atom. The molecule has 0 radical (unpaired) electrons. The second kappa shape index (κ2) is 5.36. The number of pyridine rings is 1. The highest BCUT2D eigenvalue weighted by Gasteiger charge is 2.04. The van der Waals surface area contributed by atoms with Crippen LogP contribution in [-0.4, -0.2) is 36.7 Å². The van der Waals surface area contributed by atoms with E-state index in [-0.39, 0.29) is 5.82 Å². The number of carbonyl (C=O) groups is 1. The van der Waals surface area contributed by atoms with Gasteiger partial charge in [0.05, 0.1) is 0 Å². The fourth-order valence-electron chi connectivity index (χ4n) is 0.565. The molecule has 7 nitrogen and oxygen atoms in total. The number of aromatic nitrogens is 5. The third-order valence-corrected chi connectivity index (χ3v) is 1.10. The van der Waals surface area contributed by atoms with Gasteiger partial charge >= 0.3 is 5.97 Å². The minimum atomic E-state index is -1.18. The molecule has 2 aromatic heterocycles. The molecule has 0 saturated carbocycles. The molecular formula is C7H7N5O2. The summed E-state index contributed by atoms with van der Waals surface area (Å²) in [6.45, 7) is 0. The Kier molecular flexibility index (Phi) is 3.74. The molecule has 0 aliphatic rings. The highest BCUT2D eigenvalue weighted by molar-refractivity contribution is 5.82. The van der Waals surface area contributed by atoms with Crippen molar-refractivity contribution in [3.8, 4) is 0 Å². The molecular weight excluding hydrogens is 186 g/mol. The highest BCUT2D eigenvalue weighted by atomic mass is 16.4. The first-order chi connectivity index (χ1) is 6.80. The molecule has 2 aromatic rings. The smallest absolute Gasteiger partial charge is 0.377 e. The number of aromatic carboxylic acids is 1. The Balaban J connectivity index is 0.000000146. The molecule has 0 aliphatic heterocycles. The third kappa shape index (κ3) is 3.39. The van der Waals surface area contributed by atoms with Gasteiger partial charge in [0, 0.05) is 12.4 Å². The largest absolute Gasteiger partial charge is 0.475 e. The summed E-state index contributed by atoms with van der Waals surface area (Å²) in [6, 6.07) is 5.72. The highest BCUT2D eigenvalue weighted by Crippen LogP contribution is 1.78. The maximum Gasteiger partial charge on any atom is 0.377 e. The van der Waals surface area contributed by atoms with Crippen molar-refractivity contribution in [3.05, 3.63) is 36.4 Å². The number of hydrogen-bond acceptors (Lipinski definition) is 5. The first-order valence-corrected chi connectivity index (χ1v) is 3.62. The molecule has 2 heterocycles. The van der Waals surface area contributed by atoms with Gasteiger partial charge in [0.25, 0.3) is 5.82 Å². The van der Waals surface area contributed by atoms with E-state index >= 15 is 0 Å². The molecule has 14 heavy (non-hydrogen) atoms. The second-order valence-electron chi connectivity index (χ2n) is 2.07. The van der Waals surface area contributed by atoms with Gasteiger partial charge in [-0.1, -0.05) is 6.07 Å². The number of aromatic amines is 1. The van der Waals surface area contributed by atoms with E-state index in [1.54, 1.807) is 12.4 Å². The molecule has 0 aliphatic carbocycles. The van der Waals surface area contributed by atoms with Crippen molar-refractivity contribution < 1.29 is 9.90 Å². The summed E-state index contributed by atoms with van der Waals surface area (Å²) in [5, 5.41) is 19.5. The Morgan fingerprint density at radius 2 is 2.00 bits per heavy atom. The van der Waals surface area contributed by atoms with Crippen LogP contribution in [0.3, 0.4) is 0 Å². The first-order valence-electron chi connectivity index (χ1n) is 3.62. The summed E-state index contributed by atoms with van der Waals surface area (Å²) in [5.41, 5.74) is 0. The maximum atomic E-state index is 9.88. The lowest BCUT2D eigenvalue weighted by atomic mass is 10.5. The van der Waals surface area contributed by atoms with E-state index in [0.29, 0.717) is 0 Å². The Morgan fingerprint density at radius 1 is 1.29 bits per heavy atom. The van der Waals surface area contributed by atoms with Gasteiger partial charge in [0.1, 0.15) is 0 Å². The van der Waals surface area contributed by atoms with Crippen LogP contribution in [0, 0.1) is 0 Å². The molecule has 2 N–H and O–H groups in total. The van der Waals surface area contributed by atoms with Crippen LogP contribution in [0.5, 0.6) is 0 Å². The molecule has 0 aromatic carbocycles. The standard InChI is InChI=1S/C5H5N.C2H2N4O2/c1-2-4-6-5-3-1;7-2(8)1-3-5-6-4-1/h1-5H;(H,7,8)(H,3,4,5,6). The summed E-state index contributed by atoms with van der Waals surface area (Å²) in [6.07, 6.45) is 3.50. The number of nitrogens with one attached hydrogen (secondary N) is 1. The van der Waals surface area contributed by atoms with Crippen molar-refractivity contribution in [2.24, 2.45) is 0 Å². The first kappa shape index (κ1) is 9.78. The molecule has 7 heteroatoms. The van der Waals surface area contributed by atoms with Crippen LogP contribution in [0.2, 0.25) is 0 Å². The van der Waals surface area contributed by atoms with E-state index in [1.807, 2.05) is 23.4 Å². The topological polar surface area (TPSA) is 105 Å². The number of carboxylic acid groups (broad SMARTS) is 1. The molecule has 0 atom stereocenters. The fraction of sp³-hybridized carbons (Fsp3) is 0. The van der Waals surface area contributed by atoms with Crippen molar-refractivity contribution in [2.45, 2.75) is 0 Å². The average molecular weight is 193 g/mol. The lowest BCUT2D eigenvalue weighted by molar-refractivity contribution is 0.0683. The fourth-order valence-corrected chi connectivity index (χ4v) is 0.565. The van der Waals surface area contributed by atoms with Gasteiger partial charge in [-0.2, -0.15) is 5.21 Å².